The fourth-order valence-corrected chi connectivity index (χ4v) is 2.30. The maximum atomic E-state index is 12.2. The average molecular weight is 340 g/mol. The number of hydrogen-bond donors (Lipinski definition) is 4. The smallest absolute Gasteiger partial charge is 0.318 e. The van der Waals surface area contributed by atoms with E-state index in [2.05, 4.69) is 21.3 Å². The molecule has 1 aromatic carbocycles. The summed E-state index contributed by atoms with van der Waals surface area (Å²) in [6.45, 7) is 1.98. The fourth-order valence-electron chi connectivity index (χ4n) is 2.09. The fraction of sp³-hybridized carbons (Fsp3) is 0.357. The summed E-state index contributed by atoms with van der Waals surface area (Å²) < 4.78 is 0. The Balaban J connectivity index is 1.93. The van der Waals surface area contributed by atoms with Crippen molar-refractivity contribution in [3.8, 4) is 0 Å². The molecule has 0 unspecified atom stereocenters. The molecule has 1 aliphatic rings. The van der Waals surface area contributed by atoms with Crippen LogP contribution in [0.25, 0.3) is 0 Å². The van der Waals surface area contributed by atoms with Crippen molar-refractivity contribution in [2.75, 3.05) is 38.5 Å². The maximum Gasteiger partial charge on any atom is 0.318 e. The van der Waals surface area contributed by atoms with Crippen molar-refractivity contribution in [1.29, 1.82) is 0 Å². The van der Waals surface area contributed by atoms with Gasteiger partial charge in [0.05, 0.1) is 10.6 Å². The first-order valence-electron chi connectivity index (χ1n) is 7.10. The molecule has 1 aliphatic heterocycles. The van der Waals surface area contributed by atoms with Crippen LogP contribution in [0.15, 0.2) is 18.2 Å². The number of amides is 5. The van der Waals surface area contributed by atoms with Crippen LogP contribution >= 0.6 is 11.6 Å². The van der Waals surface area contributed by atoms with Gasteiger partial charge in [0.2, 0.25) is 0 Å². The van der Waals surface area contributed by atoms with Crippen LogP contribution in [0.2, 0.25) is 5.02 Å². The predicted molar refractivity (Wildman–Crippen MR) is 86.8 cm³/mol. The van der Waals surface area contributed by atoms with E-state index in [0.29, 0.717) is 31.9 Å². The normalized spacial score (nSPS) is 13.5. The van der Waals surface area contributed by atoms with Crippen molar-refractivity contribution in [2.45, 2.75) is 0 Å². The highest BCUT2D eigenvalue weighted by Crippen LogP contribution is 2.20. The quantitative estimate of drug-likeness (QED) is 0.639. The van der Waals surface area contributed by atoms with Crippen LogP contribution in [0, 0.1) is 0 Å². The van der Waals surface area contributed by atoms with Gasteiger partial charge in [-0.15, -0.1) is 0 Å². The predicted octanol–water partition coefficient (Wildman–Crippen LogP) is 0.846. The number of urea groups is 2. The maximum absolute atomic E-state index is 12.2. The summed E-state index contributed by atoms with van der Waals surface area (Å²) in [6.07, 6.45) is 0. The summed E-state index contributed by atoms with van der Waals surface area (Å²) in [7, 11) is 1.49. The van der Waals surface area contributed by atoms with Crippen LogP contribution in [0.5, 0.6) is 0 Å². The number of carbonyl (C=O) groups is 3. The molecule has 1 saturated heterocycles. The zero-order chi connectivity index (χ0) is 16.8. The van der Waals surface area contributed by atoms with Gasteiger partial charge in [-0.3, -0.25) is 4.79 Å². The van der Waals surface area contributed by atoms with Gasteiger partial charge < -0.3 is 26.2 Å². The van der Waals surface area contributed by atoms with Gasteiger partial charge in [0, 0.05) is 38.9 Å². The Morgan fingerprint density at radius 2 is 2.17 bits per heavy atom. The summed E-state index contributed by atoms with van der Waals surface area (Å²) in [5.41, 5.74) is 0.712. The molecule has 0 aromatic heterocycles. The van der Waals surface area contributed by atoms with Crippen LogP contribution < -0.4 is 21.3 Å². The van der Waals surface area contributed by atoms with E-state index in [1.165, 1.54) is 19.2 Å². The van der Waals surface area contributed by atoms with E-state index < -0.39 is 6.03 Å². The first-order valence-corrected chi connectivity index (χ1v) is 7.48. The molecule has 0 bridgehead atoms. The minimum Gasteiger partial charge on any atom is -0.350 e. The molecule has 0 aliphatic carbocycles. The summed E-state index contributed by atoms with van der Waals surface area (Å²) in [5, 5.41) is 10.7. The topological polar surface area (TPSA) is 103 Å². The van der Waals surface area contributed by atoms with E-state index in [1.807, 2.05) is 0 Å². The zero-order valence-electron chi connectivity index (χ0n) is 12.6. The lowest BCUT2D eigenvalue weighted by molar-refractivity contribution is 0.0950. The largest absolute Gasteiger partial charge is 0.350 e. The van der Waals surface area contributed by atoms with Crippen molar-refractivity contribution in [1.82, 2.24) is 20.9 Å². The van der Waals surface area contributed by atoms with E-state index in [4.69, 9.17) is 11.6 Å². The van der Waals surface area contributed by atoms with Crippen LogP contribution in [-0.2, 0) is 0 Å². The van der Waals surface area contributed by atoms with Crippen LogP contribution in [0.4, 0.5) is 15.3 Å². The molecule has 2 rings (SSSR count). The van der Waals surface area contributed by atoms with E-state index in [1.54, 1.807) is 11.0 Å². The van der Waals surface area contributed by atoms with E-state index in [9.17, 15) is 14.4 Å². The third kappa shape index (κ3) is 4.49. The highest BCUT2D eigenvalue weighted by molar-refractivity contribution is 6.34. The molecule has 1 fully saturated rings. The number of anilines is 1. The highest BCUT2D eigenvalue weighted by Gasteiger charge is 2.19. The number of nitrogens with one attached hydrogen (secondary N) is 4. The lowest BCUT2D eigenvalue weighted by Gasteiger charge is -2.15. The number of rotatable bonds is 5. The zero-order valence-corrected chi connectivity index (χ0v) is 13.4. The van der Waals surface area contributed by atoms with Gasteiger partial charge in [-0.05, 0) is 18.2 Å². The van der Waals surface area contributed by atoms with Gasteiger partial charge >= 0.3 is 12.1 Å². The van der Waals surface area contributed by atoms with Gasteiger partial charge in [-0.25, -0.2) is 9.59 Å². The van der Waals surface area contributed by atoms with E-state index >= 15 is 0 Å². The number of hydrogen-bond acceptors (Lipinski definition) is 3. The highest BCUT2D eigenvalue weighted by atomic mass is 35.5. The SMILES string of the molecule is CNC(=O)Nc1ccc(Cl)c(C(=O)NCCN2CCNC2=O)c1. The molecular formula is C14H18ClN5O3. The minimum absolute atomic E-state index is 0.131. The molecular weight excluding hydrogens is 322 g/mol. The van der Waals surface area contributed by atoms with Gasteiger partial charge in [0.1, 0.15) is 0 Å². The summed E-state index contributed by atoms with van der Waals surface area (Å²) in [5.74, 6) is -0.366. The van der Waals surface area contributed by atoms with E-state index in [-0.39, 0.29) is 22.5 Å². The molecule has 23 heavy (non-hydrogen) atoms. The van der Waals surface area contributed by atoms with E-state index in [0.717, 1.165) is 0 Å². The van der Waals surface area contributed by atoms with Crippen molar-refractivity contribution in [3.63, 3.8) is 0 Å². The number of benzene rings is 1. The van der Waals surface area contributed by atoms with Gasteiger partial charge in [-0.2, -0.15) is 0 Å². The first kappa shape index (κ1) is 16.9. The molecule has 0 radical (unpaired) electrons. The van der Waals surface area contributed by atoms with Crippen LogP contribution in [0.3, 0.4) is 0 Å². The lowest BCUT2D eigenvalue weighted by atomic mass is 10.2. The Hall–Kier alpha value is -2.48. The molecule has 0 atom stereocenters. The van der Waals surface area contributed by atoms with Gasteiger partial charge in [0.15, 0.2) is 0 Å². The third-order valence-electron chi connectivity index (χ3n) is 3.31. The molecule has 9 heteroatoms. The number of halogens is 1. The average Bonchev–Trinajstić information content (AvgIpc) is 2.94. The third-order valence-corrected chi connectivity index (χ3v) is 3.64. The Morgan fingerprint density at radius 3 is 2.83 bits per heavy atom. The molecule has 0 spiro atoms. The molecule has 4 N–H and O–H groups in total. The molecule has 124 valence electrons. The second-order valence-corrected chi connectivity index (χ2v) is 5.28. The summed E-state index contributed by atoms with van der Waals surface area (Å²) in [4.78, 5) is 36.5. The van der Waals surface area contributed by atoms with Crippen molar-refractivity contribution >= 4 is 35.3 Å². The van der Waals surface area contributed by atoms with Crippen LogP contribution in [0.1, 0.15) is 10.4 Å². The Bertz CT molecular complexity index is 622. The minimum atomic E-state index is -0.390. The Labute approximate surface area is 138 Å². The second-order valence-electron chi connectivity index (χ2n) is 4.87. The van der Waals surface area contributed by atoms with Gasteiger partial charge in [-0.1, -0.05) is 11.6 Å². The Kier molecular flexibility index (Phi) is 5.64. The molecule has 0 saturated carbocycles. The number of nitrogens with zero attached hydrogens (tertiary/aromatic N) is 1. The lowest BCUT2D eigenvalue weighted by Crippen LogP contribution is -2.36. The monoisotopic (exact) mass is 339 g/mol. The molecule has 5 amide bonds. The summed E-state index contributed by atoms with van der Waals surface area (Å²) in [6, 6.07) is 4.11. The van der Waals surface area contributed by atoms with Crippen molar-refractivity contribution in [2.24, 2.45) is 0 Å². The van der Waals surface area contributed by atoms with Crippen LogP contribution in [-0.4, -0.2) is 56.1 Å². The molecule has 1 heterocycles. The standard InChI is InChI=1S/C14H18ClN5O3/c1-16-13(22)19-9-2-3-11(15)10(8-9)12(21)17-4-6-20-7-5-18-14(20)23/h2-3,8H,4-7H2,1H3,(H,17,21)(H,18,23)(H2,16,19,22). The van der Waals surface area contributed by atoms with Crippen molar-refractivity contribution < 1.29 is 14.4 Å². The molecule has 8 nitrogen and oxygen atoms in total. The van der Waals surface area contributed by atoms with Gasteiger partial charge in [0.25, 0.3) is 5.91 Å². The second kappa shape index (κ2) is 7.68. The number of carbonyl (C=O) groups excluding carboxylic acids is 3. The summed E-state index contributed by atoms with van der Waals surface area (Å²) >= 11 is 6.03. The first-order chi connectivity index (χ1) is 11.0. The Morgan fingerprint density at radius 1 is 1.39 bits per heavy atom. The van der Waals surface area contributed by atoms with Crippen molar-refractivity contribution in [3.05, 3.63) is 28.8 Å². The molecule has 1 aromatic rings.